The van der Waals surface area contributed by atoms with Gasteiger partial charge < -0.3 is 14.5 Å². The number of carbonyl (C=O) groups excluding carboxylic acids is 1. The van der Waals surface area contributed by atoms with E-state index in [1.807, 2.05) is 0 Å². The third-order valence-corrected chi connectivity index (χ3v) is 6.34. The topological polar surface area (TPSA) is 88.9 Å². The van der Waals surface area contributed by atoms with Gasteiger partial charge in [-0.2, -0.15) is 4.31 Å². The summed E-state index contributed by atoms with van der Waals surface area (Å²) in [5, 5.41) is 3.45. The number of aryl methyl sites for hydroxylation is 1. The van der Waals surface area contributed by atoms with Crippen LogP contribution in [0.4, 0.5) is 0 Å². The van der Waals surface area contributed by atoms with E-state index >= 15 is 0 Å². The second-order valence-electron chi connectivity index (χ2n) is 5.81. The molecule has 3 rings (SSSR count). The molecule has 1 aromatic heterocycles. The van der Waals surface area contributed by atoms with Gasteiger partial charge in [0.15, 0.2) is 0 Å². The van der Waals surface area contributed by atoms with E-state index in [2.05, 4.69) is 10.1 Å². The molecule has 2 aliphatic rings. The second-order valence-corrected chi connectivity index (χ2v) is 7.72. The minimum atomic E-state index is -3.67. The van der Waals surface area contributed by atoms with Crippen molar-refractivity contribution in [2.45, 2.75) is 43.2 Å². The molecule has 7 nitrogen and oxygen atoms in total. The summed E-state index contributed by atoms with van der Waals surface area (Å²) in [7, 11) is -2.44. The van der Waals surface area contributed by atoms with Crippen molar-refractivity contribution in [3.8, 4) is 0 Å². The minimum absolute atomic E-state index is 0. The van der Waals surface area contributed by atoms with E-state index in [1.165, 1.54) is 17.5 Å². The molecule has 1 N–H and O–H groups in total. The lowest BCUT2D eigenvalue weighted by molar-refractivity contribution is 0.0563. The van der Waals surface area contributed by atoms with Crippen LogP contribution < -0.4 is 5.32 Å². The van der Waals surface area contributed by atoms with E-state index < -0.39 is 16.0 Å². The number of methoxy groups -OCH3 is 1. The average molecular weight is 365 g/mol. The van der Waals surface area contributed by atoms with E-state index in [-0.39, 0.29) is 34.9 Å². The van der Waals surface area contributed by atoms with E-state index in [9.17, 15) is 13.2 Å². The first kappa shape index (κ1) is 18.3. The van der Waals surface area contributed by atoms with Crippen molar-refractivity contribution >= 4 is 28.4 Å². The Morgan fingerprint density at radius 1 is 1.35 bits per heavy atom. The number of halogens is 1. The number of ether oxygens (including phenoxy) is 1. The van der Waals surface area contributed by atoms with Crippen molar-refractivity contribution in [1.82, 2.24) is 9.62 Å². The molecule has 0 saturated carbocycles. The summed E-state index contributed by atoms with van der Waals surface area (Å²) in [6.07, 6.45) is 2.90. The maximum Gasteiger partial charge on any atom is 0.373 e. The van der Waals surface area contributed by atoms with Crippen LogP contribution in [-0.2, 0) is 14.8 Å². The van der Waals surface area contributed by atoms with E-state index in [1.54, 1.807) is 6.92 Å². The molecule has 2 fully saturated rings. The van der Waals surface area contributed by atoms with Crippen molar-refractivity contribution in [3.05, 3.63) is 17.6 Å². The lowest BCUT2D eigenvalue weighted by Crippen LogP contribution is -2.39. The molecular formula is C14H21ClN2O5S. The highest BCUT2D eigenvalue weighted by Crippen LogP contribution is 2.28. The number of hydrogen-bond donors (Lipinski definition) is 1. The molecule has 1 aromatic rings. The number of carbonyl (C=O) groups is 1. The van der Waals surface area contributed by atoms with E-state index in [0.717, 1.165) is 19.3 Å². The monoisotopic (exact) mass is 364 g/mol. The highest BCUT2D eigenvalue weighted by atomic mass is 35.5. The first-order valence-corrected chi connectivity index (χ1v) is 8.80. The van der Waals surface area contributed by atoms with Crippen LogP contribution in [0.2, 0.25) is 0 Å². The van der Waals surface area contributed by atoms with E-state index in [4.69, 9.17) is 4.42 Å². The molecule has 2 bridgehead atoms. The predicted octanol–water partition coefficient (Wildman–Crippen LogP) is 1.31. The maximum absolute atomic E-state index is 12.8. The molecule has 2 aliphatic heterocycles. The van der Waals surface area contributed by atoms with Crippen LogP contribution in [0.5, 0.6) is 0 Å². The van der Waals surface area contributed by atoms with Crippen LogP contribution in [0.15, 0.2) is 15.4 Å². The number of furan rings is 1. The summed E-state index contributed by atoms with van der Waals surface area (Å²) >= 11 is 0. The molecule has 130 valence electrons. The Morgan fingerprint density at radius 3 is 2.74 bits per heavy atom. The smallest absolute Gasteiger partial charge is 0.373 e. The Labute approximate surface area is 141 Å². The zero-order chi connectivity index (χ0) is 15.9. The highest BCUT2D eigenvalue weighted by molar-refractivity contribution is 7.89. The Balaban J connectivity index is 0.00000192. The Kier molecular flexibility index (Phi) is 5.40. The van der Waals surface area contributed by atoms with E-state index in [0.29, 0.717) is 19.1 Å². The van der Waals surface area contributed by atoms with Crippen LogP contribution in [0.1, 0.15) is 35.6 Å². The largest absolute Gasteiger partial charge is 0.463 e. The molecule has 2 saturated heterocycles. The van der Waals surface area contributed by atoms with Gasteiger partial charge in [0.2, 0.25) is 15.8 Å². The zero-order valence-corrected chi connectivity index (χ0v) is 14.7. The number of hydrogen-bond acceptors (Lipinski definition) is 6. The molecule has 0 spiro atoms. The zero-order valence-electron chi connectivity index (χ0n) is 13.1. The molecule has 9 heteroatoms. The third-order valence-electron chi connectivity index (χ3n) is 4.36. The number of esters is 1. The molecule has 3 heterocycles. The lowest BCUT2D eigenvalue weighted by Gasteiger charge is -2.23. The van der Waals surface area contributed by atoms with Gasteiger partial charge >= 0.3 is 5.97 Å². The van der Waals surface area contributed by atoms with Crippen molar-refractivity contribution in [1.29, 1.82) is 0 Å². The molecule has 2 atom stereocenters. The fourth-order valence-corrected chi connectivity index (χ4v) is 4.85. The first-order valence-electron chi connectivity index (χ1n) is 7.36. The summed E-state index contributed by atoms with van der Waals surface area (Å²) in [5.41, 5.74) is 0. The fourth-order valence-electron chi connectivity index (χ4n) is 3.19. The number of nitrogens with one attached hydrogen (secondary N) is 1. The number of nitrogens with zero attached hydrogens (tertiary/aromatic N) is 1. The lowest BCUT2D eigenvalue weighted by atomic mass is 10.1. The van der Waals surface area contributed by atoms with Gasteiger partial charge in [0.1, 0.15) is 10.7 Å². The average Bonchev–Trinajstić information content (AvgIpc) is 3.00. The van der Waals surface area contributed by atoms with Gasteiger partial charge in [0.05, 0.1) is 7.11 Å². The number of rotatable bonds is 3. The van der Waals surface area contributed by atoms with Gasteiger partial charge in [-0.05, 0) is 26.2 Å². The highest BCUT2D eigenvalue weighted by Gasteiger charge is 2.36. The summed E-state index contributed by atoms with van der Waals surface area (Å²) in [6.45, 7) is 2.48. The van der Waals surface area contributed by atoms with Crippen LogP contribution in [-0.4, -0.2) is 51.0 Å². The molecule has 2 unspecified atom stereocenters. The summed E-state index contributed by atoms with van der Waals surface area (Å²) < 4.78 is 37.0. The maximum atomic E-state index is 12.8. The Hall–Kier alpha value is -1.09. The summed E-state index contributed by atoms with van der Waals surface area (Å²) in [5.74, 6) is -0.558. The van der Waals surface area contributed by atoms with Crippen molar-refractivity contribution in [2.75, 3.05) is 20.2 Å². The second kappa shape index (κ2) is 6.80. The van der Waals surface area contributed by atoms with Crippen molar-refractivity contribution in [3.63, 3.8) is 0 Å². The molecular weight excluding hydrogens is 344 g/mol. The normalized spacial score (nSPS) is 24.8. The molecule has 0 aliphatic carbocycles. The van der Waals surface area contributed by atoms with Crippen LogP contribution in [0.3, 0.4) is 0 Å². The molecule has 23 heavy (non-hydrogen) atoms. The molecule has 0 radical (unpaired) electrons. The third kappa shape index (κ3) is 3.40. The Bertz CT molecular complexity index is 687. The van der Waals surface area contributed by atoms with Crippen LogP contribution >= 0.6 is 12.4 Å². The van der Waals surface area contributed by atoms with Gasteiger partial charge in [-0.1, -0.05) is 0 Å². The van der Waals surface area contributed by atoms with Gasteiger partial charge in [-0.25, -0.2) is 13.2 Å². The summed E-state index contributed by atoms with van der Waals surface area (Å²) in [4.78, 5) is 11.6. The SMILES string of the molecule is COC(=O)c1cc(S(=O)(=O)N2CCC3CCC(C2)N3)c(C)o1.Cl. The number of fused-ring (bicyclic) bond motifs is 2. The van der Waals surface area contributed by atoms with Gasteiger partial charge in [-0.15, -0.1) is 12.4 Å². The Morgan fingerprint density at radius 2 is 2.04 bits per heavy atom. The van der Waals surface area contributed by atoms with Gasteiger partial charge in [0.25, 0.3) is 0 Å². The minimum Gasteiger partial charge on any atom is -0.463 e. The number of sulfonamides is 1. The standard InChI is InChI=1S/C14H20N2O5S.ClH/c1-9-13(7-12(21-9)14(17)20-2)22(18,19)16-6-5-10-3-4-11(8-16)15-10;/h7,10-11,15H,3-6,8H2,1-2H3;1H. The molecule has 0 aromatic carbocycles. The van der Waals surface area contributed by atoms with Gasteiger partial charge in [0, 0.05) is 31.2 Å². The van der Waals surface area contributed by atoms with Gasteiger partial charge in [-0.3, -0.25) is 0 Å². The van der Waals surface area contributed by atoms with Crippen LogP contribution in [0, 0.1) is 6.92 Å². The predicted molar refractivity (Wildman–Crippen MR) is 85.4 cm³/mol. The van der Waals surface area contributed by atoms with Crippen molar-refractivity contribution in [2.24, 2.45) is 0 Å². The molecule has 0 amide bonds. The van der Waals surface area contributed by atoms with Crippen molar-refractivity contribution < 1.29 is 22.4 Å². The fraction of sp³-hybridized carbons (Fsp3) is 0.643. The van der Waals surface area contributed by atoms with Crippen LogP contribution in [0.25, 0.3) is 0 Å². The summed E-state index contributed by atoms with van der Waals surface area (Å²) in [6, 6.07) is 1.86. The first-order chi connectivity index (χ1) is 10.4. The quantitative estimate of drug-likeness (QED) is 0.813.